The number of halogens is 3. The summed E-state index contributed by atoms with van der Waals surface area (Å²) in [6.07, 6.45) is -1.14. The Balaban J connectivity index is 2.08. The number of benzene rings is 1. The van der Waals surface area contributed by atoms with Gasteiger partial charge in [-0.05, 0) is 24.5 Å². The molecule has 0 atom stereocenters. The predicted molar refractivity (Wildman–Crippen MR) is 73.2 cm³/mol. The lowest BCUT2D eigenvalue weighted by Crippen LogP contribution is -2.44. The van der Waals surface area contributed by atoms with Gasteiger partial charge in [0.1, 0.15) is 0 Å². The molecule has 6 heteroatoms. The Morgan fingerprint density at radius 1 is 1.24 bits per heavy atom. The topological polar surface area (TPSA) is 55.1 Å². The Morgan fingerprint density at radius 3 is 2.43 bits per heavy atom. The molecule has 116 valence electrons. The quantitative estimate of drug-likeness (QED) is 0.898. The number of hydrogen-bond donors (Lipinski definition) is 2. The molecule has 0 radical (unpaired) electrons. The molecule has 0 saturated heterocycles. The molecule has 1 fully saturated rings. The summed E-state index contributed by atoms with van der Waals surface area (Å²) in [6, 6.07) is 5.28. The summed E-state index contributed by atoms with van der Waals surface area (Å²) in [5.41, 5.74) is 4.46. The molecule has 0 unspecified atom stereocenters. The maximum Gasteiger partial charge on any atom is 0.416 e. The van der Waals surface area contributed by atoms with Gasteiger partial charge in [-0.3, -0.25) is 4.79 Å². The molecular formula is C15H19F3N2O. The Bertz CT molecular complexity index is 508. The lowest BCUT2D eigenvalue weighted by atomic mass is 9.85. The first-order valence-corrected chi connectivity index (χ1v) is 7.02. The van der Waals surface area contributed by atoms with Gasteiger partial charge in [0.25, 0.3) is 0 Å². The minimum atomic E-state index is -4.42. The zero-order valence-corrected chi connectivity index (χ0v) is 11.7. The van der Waals surface area contributed by atoms with Gasteiger partial charge in [0, 0.05) is 13.1 Å². The van der Waals surface area contributed by atoms with Crippen molar-refractivity contribution in [1.29, 1.82) is 0 Å². The van der Waals surface area contributed by atoms with Crippen molar-refractivity contribution < 1.29 is 18.0 Å². The smallest absolute Gasteiger partial charge is 0.351 e. The van der Waals surface area contributed by atoms with Crippen molar-refractivity contribution >= 4 is 5.91 Å². The van der Waals surface area contributed by atoms with Gasteiger partial charge in [-0.15, -0.1) is 0 Å². The van der Waals surface area contributed by atoms with E-state index in [0.29, 0.717) is 12.8 Å². The highest BCUT2D eigenvalue weighted by molar-refractivity contribution is 5.83. The maximum absolute atomic E-state index is 12.9. The van der Waals surface area contributed by atoms with E-state index in [1.807, 2.05) is 0 Å². The van der Waals surface area contributed by atoms with Gasteiger partial charge in [0.2, 0.25) is 5.91 Å². The van der Waals surface area contributed by atoms with Crippen molar-refractivity contribution in [2.24, 2.45) is 11.1 Å². The maximum atomic E-state index is 12.9. The summed E-state index contributed by atoms with van der Waals surface area (Å²) in [6.45, 7) is 0.107. The second-order valence-electron chi connectivity index (χ2n) is 5.53. The van der Waals surface area contributed by atoms with E-state index in [1.54, 1.807) is 0 Å². The fourth-order valence-corrected chi connectivity index (χ4v) is 2.89. The Morgan fingerprint density at radius 2 is 1.86 bits per heavy atom. The van der Waals surface area contributed by atoms with Crippen LogP contribution < -0.4 is 11.1 Å². The first-order chi connectivity index (χ1) is 9.89. The second kappa shape index (κ2) is 6.05. The molecule has 1 aliphatic rings. The van der Waals surface area contributed by atoms with Crippen molar-refractivity contribution in [2.75, 3.05) is 6.54 Å². The van der Waals surface area contributed by atoms with Crippen molar-refractivity contribution in [1.82, 2.24) is 5.32 Å². The summed E-state index contributed by atoms with van der Waals surface area (Å²) in [4.78, 5) is 12.3. The normalized spacial score (nSPS) is 17.7. The van der Waals surface area contributed by atoms with Crippen LogP contribution in [0.2, 0.25) is 0 Å². The first kappa shape index (κ1) is 15.8. The third-order valence-electron chi connectivity index (χ3n) is 4.20. The highest BCUT2D eigenvalue weighted by Crippen LogP contribution is 2.37. The van der Waals surface area contributed by atoms with Gasteiger partial charge < -0.3 is 11.1 Å². The van der Waals surface area contributed by atoms with Crippen molar-refractivity contribution in [3.8, 4) is 0 Å². The summed E-state index contributed by atoms with van der Waals surface area (Å²) in [7, 11) is 0. The Kier molecular flexibility index (Phi) is 4.56. The molecule has 1 amide bonds. The van der Waals surface area contributed by atoms with Gasteiger partial charge in [0.15, 0.2) is 0 Å². The number of carbonyl (C=O) groups is 1. The van der Waals surface area contributed by atoms with Crippen LogP contribution in [0, 0.1) is 5.41 Å². The Labute approximate surface area is 121 Å². The molecule has 1 saturated carbocycles. The highest BCUT2D eigenvalue weighted by atomic mass is 19.4. The number of nitrogens with two attached hydrogens (primary N) is 1. The van der Waals surface area contributed by atoms with Crippen LogP contribution in [-0.4, -0.2) is 12.5 Å². The molecule has 0 spiro atoms. The minimum absolute atomic E-state index is 0.0727. The molecule has 21 heavy (non-hydrogen) atoms. The van der Waals surface area contributed by atoms with Crippen molar-refractivity contribution in [3.05, 3.63) is 35.4 Å². The number of alkyl halides is 3. The molecule has 0 heterocycles. The van der Waals surface area contributed by atoms with Crippen LogP contribution in [-0.2, 0) is 17.5 Å². The zero-order valence-electron chi connectivity index (χ0n) is 11.7. The van der Waals surface area contributed by atoms with Crippen LogP contribution in [0.15, 0.2) is 24.3 Å². The third-order valence-corrected chi connectivity index (χ3v) is 4.20. The van der Waals surface area contributed by atoms with Crippen LogP contribution >= 0.6 is 0 Å². The van der Waals surface area contributed by atoms with Crippen LogP contribution in [0.25, 0.3) is 0 Å². The highest BCUT2D eigenvalue weighted by Gasteiger charge is 2.40. The SMILES string of the molecule is NCC1(C(=O)NCc2ccccc2C(F)(F)F)CCCC1. The van der Waals surface area contributed by atoms with Crippen LogP contribution in [0.3, 0.4) is 0 Å². The number of amides is 1. The molecule has 3 nitrogen and oxygen atoms in total. The summed E-state index contributed by atoms with van der Waals surface area (Å²) >= 11 is 0. The molecule has 1 aliphatic carbocycles. The van der Waals surface area contributed by atoms with Crippen LogP contribution in [0.1, 0.15) is 36.8 Å². The molecule has 0 aliphatic heterocycles. The number of rotatable bonds is 4. The van der Waals surface area contributed by atoms with E-state index in [2.05, 4.69) is 5.32 Å². The average molecular weight is 300 g/mol. The van der Waals surface area contributed by atoms with E-state index in [-0.39, 0.29) is 24.6 Å². The lowest BCUT2D eigenvalue weighted by Gasteiger charge is -2.26. The number of nitrogens with one attached hydrogen (secondary N) is 1. The van der Waals surface area contributed by atoms with Gasteiger partial charge in [0.05, 0.1) is 11.0 Å². The molecule has 1 aromatic rings. The molecule has 0 aromatic heterocycles. The lowest BCUT2D eigenvalue weighted by molar-refractivity contribution is -0.139. The zero-order chi connectivity index (χ0) is 15.5. The van der Waals surface area contributed by atoms with Crippen molar-refractivity contribution in [3.63, 3.8) is 0 Å². The van der Waals surface area contributed by atoms with E-state index in [4.69, 9.17) is 5.73 Å². The first-order valence-electron chi connectivity index (χ1n) is 7.02. The average Bonchev–Trinajstić information content (AvgIpc) is 2.94. The summed E-state index contributed by atoms with van der Waals surface area (Å²) < 4.78 is 38.6. The van der Waals surface area contributed by atoms with Gasteiger partial charge in [-0.25, -0.2) is 0 Å². The van der Waals surface area contributed by atoms with Crippen molar-refractivity contribution in [2.45, 2.75) is 38.4 Å². The van der Waals surface area contributed by atoms with Gasteiger partial charge >= 0.3 is 6.18 Å². The van der Waals surface area contributed by atoms with E-state index < -0.39 is 17.2 Å². The van der Waals surface area contributed by atoms with E-state index in [0.717, 1.165) is 18.9 Å². The standard InChI is InChI=1S/C15H19F3N2O/c16-15(17,18)12-6-2-1-5-11(12)9-20-13(21)14(10-19)7-3-4-8-14/h1-2,5-6H,3-4,7-10,19H2,(H,20,21). The third kappa shape index (κ3) is 3.37. The number of carbonyl (C=O) groups excluding carboxylic acids is 1. The molecule has 3 N–H and O–H groups in total. The second-order valence-corrected chi connectivity index (χ2v) is 5.53. The monoisotopic (exact) mass is 300 g/mol. The fraction of sp³-hybridized carbons (Fsp3) is 0.533. The fourth-order valence-electron chi connectivity index (χ4n) is 2.89. The van der Waals surface area contributed by atoms with Crippen LogP contribution in [0.4, 0.5) is 13.2 Å². The van der Waals surface area contributed by atoms with E-state index in [9.17, 15) is 18.0 Å². The van der Waals surface area contributed by atoms with Gasteiger partial charge in [-0.2, -0.15) is 13.2 Å². The van der Waals surface area contributed by atoms with Gasteiger partial charge in [-0.1, -0.05) is 31.0 Å². The van der Waals surface area contributed by atoms with E-state index in [1.165, 1.54) is 18.2 Å². The molecule has 0 bridgehead atoms. The Hall–Kier alpha value is -1.56. The summed E-state index contributed by atoms with van der Waals surface area (Å²) in [5, 5.41) is 2.63. The molecular weight excluding hydrogens is 281 g/mol. The van der Waals surface area contributed by atoms with E-state index >= 15 is 0 Å². The number of hydrogen-bond acceptors (Lipinski definition) is 2. The predicted octanol–water partition coefficient (Wildman–Crippen LogP) is 2.84. The van der Waals surface area contributed by atoms with Crippen LogP contribution in [0.5, 0.6) is 0 Å². The minimum Gasteiger partial charge on any atom is -0.351 e. The largest absolute Gasteiger partial charge is 0.416 e. The molecule has 2 rings (SSSR count). The summed E-state index contributed by atoms with van der Waals surface area (Å²) in [5.74, 6) is -0.237. The molecule has 1 aromatic carbocycles.